The van der Waals surface area contributed by atoms with Crippen molar-refractivity contribution in [3.63, 3.8) is 0 Å². The van der Waals surface area contributed by atoms with Crippen LogP contribution in [0.5, 0.6) is 0 Å². The molecule has 0 bridgehead atoms. The summed E-state index contributed by atoms with van der Waals surface area (Å²) in [7, 11) is 1.70. The number of thiocarbonyl (C=S) groups is 1. The van der Waals surface area contributed by atoms with Crippen molar-refractivity contribution in [2.24, 2.45) is 0 Å². The Morgan fingerprint density at radius 2 is 2.24 bits per heavy atom. The average molecular weight is 317 g/mol. The number of halogens is 1. The number of ether oxygens (including phenoxy) is 1. The molecule has 1 aromatic rings. The Kier molecular flexibility index (Phi) is 6.47. The zero-order valence-corrected chi connectivity index (χ0v) is 12.5. The van der Waals surface area contributed by atoms with E-state index in [4.69, 9.17) is 17.0 Å². The molecule has 1 aromatic carbocycles. The smallest absolute Gasteiger partial charge is 0.170 e. The van der Waals surface area contributed by atoms with Crippen LogP contribution in [0.25, 0.3) is 0 Å². The average Bonchev–Trinajstić information content (AvgIpc) is 2.30. The number of hydrogen-bond donors (Lipinski definition) is 2. The maximum Gasteiger partial charge on any atom is 0.170 e. The highest BCUT2D eigenvalue weighted by Crippen LogP contribution is 2.19. The SMILES string of the molecule is COCCCNC(=S)Nc1ccc(Br)c(C)c1. The Labute approximate surface area is 116 Å². The van der Waals surface area contributed by atoms with Crippen molar-refractivity contribution in [1.82, 2.24) is 5.32 Å². The zero-order valence-electron chi connectivity index (χ0n) is 10.0. The van der Waals surface area contributed by atoms with Gasteiger partial charge in [0, 0.05) is 30.4 Å². The molecule has 17 heavy (non-hydrogen) atoms. The van der Waals surface area contributed by atoms with Crippen molar-refractivity contribution in [2.45, 2.75) is 13.3 Å². The maximum atomic E-state index is 5.19. The lowest BCUT2D eigenvalue weighted by Crippen LogP contribution is -2.29. The van der Waals surface area contributed by atoms with Gasteiger partial charge in [0.15, 0.2) is 5.11 Å². The van der Waals surface area contributed by atoms with Gasteiger partial charge in [-0.15, -0.1) is 0 Å². The summed E-state index contributed by atoms with van der Waals surface area (Å²) in [6.07, 6.45) is 0.942. The van der Waals surface area contributed by atoms with Crippen LogP contribution in [0.3, 0.4) is 0 Å². The van der Waals surface area contributed by atoms with E-state index in [1.807, 2.05) is 25.1 Å². The highest BCUT2D eigenvalue weighted by atomic mass is 79.9. The summed E-state index contributed by atoms with van der Waals surface area (Å²) in [5.74, 6) is 0. The summed E-state index contributed by atoms with van der Waals surface area (Å²) in [5.41, 5.74) is 2.17. The van der Waals surface area contributed by atoms with Crippen molar-refractivity contribution >= 4 is 38.9 Å². The summed E-state index contributed by atoms with van der Waals surface area (Å²) < 4.78 is 6.06. The first kappa shape index (κ1) is 14.4. The standard InChI is InChI=1S/C12H17BrN2OS/c1-9-8-10(4-5-11(9)13)15-12(17)14-6-3-7-16-2/h4-5,8H,3,6-7H2,1-2H3,(H2,14,15,17). The van der Waals surface area contributed by atoms with E-state index in [-0.39, 0.29) is 0 Å². The van der Waals surface area contributed by atoms with Crippen molar-refractivity contribution in [2.75, 3.05) is 25.6 Å². The molecule has 0 radical (unpaired) electrons. The minimum absolute atomic E-state index is 0.642. The highest BCUT2D eigenvalue weighted by molar-refractivity contribution is 9.10. The number of nitrogens with one attached hydrogen (secondary N) is 2. The van der Waals surface area contributed by atoms with Gasteiger partial charge in [-0.05, 0) is 49.3 Å². The predicted octanol–water partition coefficient (Wildman–Crippen LogP) is 3.08. The van der Waals surface area contributed by atoms with Crippen LogP contribution in [0.1, 0.15) is 12.0 Å². The summed E-state index contributed by atoms with van der Waals surface area (Å²) in [6, 6.07) is 6.04. The van der Waals surface area contributed by atoms with Crippen LogP contribution < -0.4 is 10.6 Å². The maximum absolute atomic E-state index is 5.19. The van der Waals surface area contributed by atoms with E-state index >= 15 is 0 Å². The summed E-state index contributed by atoms with van der Waals surface area (Å²) in [6.45, 7) is 3.60. The van der Waals surface area contributed by atoms with Gasteiger partial charge >= 0.3 is 0 Å². The molecule has 0 fully saturated rings. The zero-order chi connectivity index (χ0) is 12.7. The molecule has 0 spiro atoms. The van der Waals surface area contributed by atoms with E-state index in [9.17, 15) is 0 Å². The first-order valence-corrected chi connectivity index (χ1v) is 6.63. The molecule has 5 heteroatoms. The molecule has 0 amide bonds. The summed E-state index contributed by atoms with van der Waals surface area (Å²) in [4.78, 5) is 0. The molecule has 0 atom stereocenters. The van der Waals surface area contributed by atoms with Crippen molar-refractivity contribution < 1.29 is 4.74 Å². The second-order valence-electron chi connectivity index (χ2n) is 3.69. The topological polar surface area (TPSA) is 33.3 Å². The number of aryl methyl sites for hydroxylation is 1. The predicted molar refractivity (Wildman–Crippen MR) is 79.6 cm³/mol. The Bertz CT molecular complexity index is 385. The van der Waals surface area contributed by atoms with Crippen LogP contribution in [0.4, 0.5) is 5.69 Å². The van der Waals surface area contributed by atoms with Crippen molar-refractivity contribution in [1.29, 1.82) is 0 Å². The Morgan fingerprint density at radius 1 is 1.47 bits per heavy atom. The van der Waals surface area contributed by atoms with Gasteiger partial charge in [-0.25, -0.2) is 0 Å². The van der Waals surface area contributed by atoms with Crippen LogP contribution in [0, 0.1) is 6.92 Å². The van der Waals surface area contributed by atoms with Crippen LogP contribution in [0.15, 0.2) is 22.7 Å². The molecule has 0 saturated heterocycles. The normalized spacial score (nSPS) is 10.1. The largest absolute Gasteiger partial charge is 0.385 e. The molecule has 0 unspecified atom stereocenters. The van der Waals surface area contributed by atoms with Gasteiger partial charge in [-0.3, -0.25) is 0 Å². The van der Waals surface area contributed by atoms with Crippen molar-refractivity contribution in [3.8, 4) is 0 Å². The molecule has 3 nitrogen and oxygen atoms in total. The van der Waals surface area contributed by atoms with Gasteiger partial charge in [0.2, 0.25) is 0 Å². The van der Waals surface area contributed by atoms with Crippen LogP contribution in [-0.4, -0.2) is 25.4 Å². The minimum atomic E-state index is 0.642. The Morgan fingerprint density at radius 3 is 2.88 bits per heavy atom. The molecule has 0 saturated carbocycles. The van der Waals surface area contributed by atoms with E-state index in [1.165, 1.54) is 5.56 Å². The van der Waals surface area contributed by atoms with Gasteiger partial charge in [-0.2, -0.15) is 0 Å². The van der Waals surface area contributed by atoms with Gasteiger partial charge < -0.3 is 15.4 Å². The summed E-state index contributed by atoms with van der Waals surface area (Å²) in [5, 5.41) is 6.92. The molecule has 0 aromatic heterocycles. The Balaban J connectivity index is 2.37. The third-order valence-electron chi connectivity index (χ3n) is 2.23. The molecule has 0 aliphatic rings. The third-order valence-corrected chi connectivity index (χ3v) is 3.36. The molecule has 0 aliphatic heterocycles. The van der Waals surface area contributed by atoms with Crippen LogP contribution in [0.2, 0.25) is 0 Å². The van der Waals surface area contributed by atoms with Crippen molar-refractivity contribution in [3.05, 3.63) is 28.2 Å². The number of benzene rings is 1. The number of hydrogen-bond acceptors (Lipinski definition) is 2. The molecule has 94 valence electrons. The molecule has 2 N–H and O–H groups in total. The fraction of sp³-hybridized carbons (Fsp3) is 0.417. The molecule has 0 aliphatic carbocycles. The molecular weight excluding hydrogens is 300 g/mol. The molecule has 1 rings (SSSR count). The number of anilines is 1. The lowest BCUT2D eigenvalue weighted by molar-refractivity contribution is 0.196. The number of methoxy groups -OCH3 is 1. The van der Waals surface area contributed by atoms with Crippen LogP contribution >= 0.6 is 28.1 Å². The minimum Gasteiger partial charge on any atom is -0.385 e. The second kappa shape index (κ2) is 7.63. The van der Waals surface area contributed by atoms with Crippen LogP contribution in [-0.2, 0) is 4.74 Å². The molecular formula is C12H17BrN2OS. The van der Waals surface area contributed by atoms with E-state index in [0.717, 1.165) is 29.7 Å². The first-order chi connectivity index (χ1) is 8.13. The lowest BCUT2D eigenvalue weighted by Gasteiger charge is -2.11. The Hall–Kier alpha value is -0.650. The fourth-order valence-corrected chi connectivity index (χ4v) is 1.78. The van der Waals surface area contributed by atoms with Gasteiger partial charge in [0.25, 0.3) is 0 Å². The molecule has 0 heterocycles. The first-order valence-electron chi connectivity index (χ1n) is 5.43. The lowest BCUT2D eigenvalue weighted by atomic mass is 10.2. The van der Waals surface area contributed by atoms with Gasteiger partial charge in [0.05, 0.1) is 0 Å². The third kappa shape index (κ3) is 5.48. The van der Waals surface area contributed by atoms with E-state index in [0.29, 0.717) is 5.11 Å². The summed E-state index contributed by atoms with van der Waals surface area (Å²) >= 11 is 8.65. The van der Waals surface area contributed by atoms with E-state index < -0.39 is 0 Å². The quantitative estimate of drug-likeness (QED) is 0.646. The fourth-order valence-electron chi connectivity index (χ4n) is 1.32. The van der Waals surface area contributed by atoms with Gasteiger partial charge in [0.1, 0.15) is 0 Å². The second-order valence-corrected chi connectivity index (χ2v) is 4.95. The number of rotatable bonds is 5. The monoisotopic (exact) mass is 316 g/mol. The van der Waals surface area contributed by atoms with Gasteiger partial charge in [-0.1, -0.05) is 15.9 Å². The van der Waals surface area contributed by atoms with E-state index in [1.54, 1.807) is 7.11 Å². The van der Waals surface area contributed by atoms with E-state index in [2.05, 4.69) is 26.6 Å². The highest BCUT2D eigenvalue weighted by Gasteiger charge is 1.99.